The van der Waals surface area contributed by atoms with Crippen LogP contribution in [0, 0.1) is 6.92 Å². The molecule has 0 saturated carbocycles. The number of sulfone groups is 1. The van der Waals surface area contributed by atoms with Crippen LogP contribution in [0.15, 0.2) is 46.3 Å². The number of rotatable bonds is 6. The Morgan fingerprint density at radius 2 is 1.94 bits per heavy atom. The number of nitrogens with zero attached hydrogens (tertiary/aromatic N) is 4. The van der Waals surface area contributed by atoms with Gasteiger partial charge in [-0.25, -0.2) is 22.7 Å². The van der Waals surface area contributed by atoms with Gasteiger partial charge in [-0.15, -0.1) is 0 Å². The maximum absolute atomic E-state index is 13.3. The van der Waals surface area contributed by atoms with Crippen LogP contribution in [0.25, 0.3) is 5.65 Å². The Kier molecular flexibility index (Phi) is 6.18. The first-order valence-corrected chi connectivity index (χ1v) is 12.8. The fourth-order valence-electron chi connectivity index (χ4n) is 4.37. The van der Waals surface area contributed by atoms with E-state index in [1.807, 2.05) is 13.8 Å². The van der Waals surface area contributed by atoms with Crippen LogP contribution in [-0.2, 0) is 27.5 Å². The molecule has 4 rings (SSSR count). The lowest BCUT2D eigenvalue weighted by Gasteiger charge is -2.34. The first-order valence-electron chi connectivity index (χ1n) is 11.3. The van der Waals surface area contributed by atoms with Crippen molar-refractivity contribution >= 4 is 21.6 Å². The van der Waals surface area contributed by atoms with Gasteiger partial charge in [-0.3, -0.25) is 0 Å². The number of carbonyl (C=O) groups is 1. The van der Waals surface area contributed by atoms with Crippen LogP contribution in [-0.4, -0.2) is 46.2 Å². The molecular weight excluding hydrogens is 440 g/mol. The number of ether oxygens (including phenoxy) is 1. The highest BCUT2D eigenvalue weighted by atomic mass is 32.2. The van der Waals surface area contributed by atoms with Gasteiger partial charge in [0.25, 0.3) is 0 Å². The lowest BCUT2D eigenvalue weighted by atomic mass is 9.97. The summed E-state index contributed by atoms with van der Waals surface area (Å²) in [6.45, 7) is 8.57. The molecule has 33 heavy (non-hydrogen) atoms. The van der Waals surface area contributed by atoms with E-state index in [0.717, 1.165) is 30.5 Å². The Morgan fingerprint density at radius 3 is 2.61 bits per heavy atom. The van der Waals surface area contributed by atoms with Gasteiger partial charge in [-0.1, -0.05) is 38.5 Å². The molecular formula is C24H30N4O4S. The molecule has 1 atom stereocenters. The summed E-state index contributed by atoms with van der Waals surface area (Å²) < 4.78 is 34.1. The van der Waals surface area contributed by atoms with Crippen molar-refractivity contribution in [2.45, 2.75) is 75.3 Å². The van der Waals surface area contributed by atoms with Crippen molar-refractivity contribution in [1.82, 2.24) is 19.5 Å². The van der Waals surface area contributed by atoms with E-state index < -0.39 is 15.4 Å². The van der Waals surface area contributed by atoms with E-state index in [-0.39, 0.29) is 15.9 Å². The van der Waals surface area contributed by atoms with Gasteiger partial charge in [-0.05, 0) is 38.8 Å². The summed E-state index contributed by atoms with van der Waals surface area (Å²) in [6.07, 6.45) is 4.36. The molecule has 0 N–H and O–H groups in total. The predicted molar refractivity (Wildman–Crippen MR) is 124 cm³/mol. The maximum Gasteiger partial charge on any atom is 0.410 e. The molecule has 0 spiro atoms. The summed E-state index contributed by atoms with van der Waals surface area (Å²) in [5.41, 5.74) is 1.94. The fraction of sp³-hybridized carbons (Fsp3) is 0.458. The molecule has 3 aromatic rings. The molecule has 0 fully saturated rings. The van der Waals surface area contributed by atoms with Gasteiger partial charge in [0.05, 0.1) is 22.8 Å². The standard InChI is InChI=1S/C24H30N4O4S/c1-5-13-24(4,6-2)32-23(29)27-14-12-20-18(16-27)15-25-22-21(17(3)26-28(20)22)33(30,31)19-10-8-7-9-11-19/h7-11,15H,5-6,12-14,16H2,1-4H3. The number of amides is 1. The molecule has 2 aromatic heterocycles. The largest absolute Gasteiger partial charge is 0.443 e. The highest BCUT2D eigenvalue weighted by Gasteiger charge is 2.33. The summed E-state index contributed by atoms with van der Waals surface area (Å²) >= 11 is 0. The topological polar surface area (TPSA) is 93.9 Å². The Hall–Kier alpha value is -2.94. The van der Waals surface area contributed by atoms with Gasteiger partial charge in [0, 0.05) is 24.7 Å². The first-order chi connectivity index (χ1) is 15.7. The molecule has 0 saturated heterocycles. The number of hydrogen-bond acceptors (Lipinski definition) is 6. The maximum atomic E-state index is 13.3. The van der Waals surface area contributed by atoms with Crippen LogP contribution in [0.1, 0.15) is 57.0 Å². The van der Waals surface area contributed by atoms with Gasteiger partial charge in [-0.2, -0.15) is 5.10 Å². The molecule has 1 amide bonds. The van der Waals surface area contributed by atoms with Crippen LogP contribution >= 0.6 is 0 Å². The smallest absolute Gasteiger partial charge is 0.410 e. The van der Waals surface area contributed by atoms with Gasteiger partial charge >= 0.3 is 6.09 Å². The lowest BCUT2D eigenvalue weighted by Crippen LogP contribution is -2.42. The zero-order valence-corrected chi connectivity index (χ0v) is 20.4. The van der Waals surface area contributed by atoms with Crippen molar-refractivity contribution in [3.8, 4) is 0 Å². The third-order valence-electron chi connectivity index (χ3n) is 6.37. The zero-order valence-electron chi connectivity index (χ0n) is 19.5. The van der Waals surface area contributed by atoms with E-state index in [1.165, 1.54) is 0 Å². The van der Waals surface area contributed by atoms with Crippen molar-refractivity contribution in [1.29, 1.82) is 0 Å². The lowest BCUT2D eigenvalue weighted by molar-refractivity contribution is -0.00853. The zero-order chi connectivity index (χ0) is 23.8. The number of aromatic nitrogens is 3. The van der Waals surface area contributed by atoms with Crippen molar-refractivity contribution in [2.24, 2.45) is 0 Å². The van der Waals surface area contributed by atoms with Crippen molar-refractivity contribution < 1.29 is 17.9 Å². The third kappa shape index (κ3) is 4.21. The van der Waals surface area contributed by atoms with Crippen LogP contribution < -0.4 is 0 Å². The number of hydrogen-bond donors (Lipinski definition) is 0. The summed E-state index contributed by atoms with van der Waals surface area (Å²) in [5, 5.41) is 4.53. The second-order valence-electron chi connectivity index (χ2n) is 8.79. The third-order valence-corrected chi connectivity index (χ3v) is 8.28. The predicted octanol–water partition coefficient (Wildman–Crippen LogP) is 4.33. The monoisotopic (exact) mass is 470 g/mol. The van der Waals surface area contributed by atoms with E-state index in [9.17, 15) is 13.2 Å². The van der Waals surface area contributed by atoms with Crippen LogP contribution in [0.4, 0.5) is 4.79 Å². The van der Waals surface area contributed by atoms with Crippen LogP contribution in [0.2, 0.25) is 0 Å². The Labute approximate surface area is 194 Å². The number of carbonyl (C=O) groups excluding carboxylic acids is 1. The summed E-state index contributed by atoms with van der Waals surface area (Å²) in [4.78, 5) is 19.3. The van der Waals surface area contributed by atoms with Crippen LogP contribution in [0.5, 0.6) is 0 Å². The summed E-state index contributed by atoms with van der Waals surface area (Å²) in [7, 11) is -3.76. The van der Waals surface area contributed by atoms with E-state index in [1.54, 1.807) is 52.9 Å². The van der Waals surface area contributed by atoms with Gasteiger partial charge in [0.2, 0.25) is 9.84 Å². The molecule has 0 aliphatic carbocycles. The highest BCUT2D eigenvalue weighted by molar-refractivity contribution is 7.91. The highest BCUT2D eigenvalue weighted by Crippen LogP contribution is 2.30. The summed E-state index contributed by atoms with van der Waals surface area (Å²) in [5.74, 6) is 0. The molecule has 1 unspecified atom stereocenters. The number of aryl methyl sites for hydroxylation is 1. The van der Waals surface area contributed by atoms with Crippen molar-refractivity contribution in [3.05, 3.63) is 53.5 Å². The normalized spacial score (nSPS) is 15.8. The summed E-state index contributed by atoms with van der Waals surface area (Å²) in [6, 6.07) is 8.31. The second kappa shape index (κ2) is 8.78. The molecule has 1 aliphatic rings. The van der Waals surface area contributed by atoms with Gasteiger partial charge in [0.1, 0.15) is 10.5 Å². The fourth-order valence-corrected chi connectivity index (χ4v) is 5.93. The number of fused-ring (bicyclic) bond motifs is 3. The van der Waals surface area contributed by atoms with Gasteiger partial charge in [0.15, 0.2) is 5.65 Å². The molecule has 3 heterocycles. The SMILES string of the molecule is CCCC(C)(CC)OC(=O)N1CCc2c(cnc3c(S(=O)(=O)c4ccccc4)c(C)nn23)C1. The Bertz CT molecular complexity index is 1290. The Morgan fingerprint density at radius 1 is 1.21 bits per heavy atom. The second-order valence-corrected chi connectivity index (χ2v) is 10.7. The first kappa shape index (κ1) is 23.2. The molecule has 176 valence electrons. The molecule has 1 aliphatic heterocycles. The minimum absolute atomic E-state index is 0.122. The van der Waals surface area contributed by atoms with E-state index in [0.29, 0.717) is 30.9 Å². The number of benzene rings is 1. The van der Waals surface area contributed by atoms with Gasteiger partial charge < -0.3 is 9.64 Å². The minimum atomic E-state index is -3.76. The van der Waals surface area contributed by atoms with E-state index in [4.69, 9.17) is 4.74 Å². The average molecular weight is 471 g/mol. The molecule has 8 nitrogen and oxygen atoms in total. The van der Waals surface area contributed by atoms with Crippen molar-refractivity contribution in [3.63, 3.8) is 0 Å². The molecule has 9 heteroatoms. The van der Waals surface area contributed by atoms with Crippen molar-refractivity contribution in [2.75, 3.05) is 6.54 Å². The molecule has 1 aromatic carbocycles. The minimum Gasteiger partial charge on any atom is -0.443 e. The van der Waals surface area contributed by atoms with E-state index >= 15 is 0 Å². The quantitative estimate of drug-likeness (QED) is 0.532. The Balaban J connectivity index is 1.66. The van der Waals surface area contributed by atoms with Crippen LogP contribution in [0.3, 0.4) is 0 Å². The average Bonchev–Trinajstić information content (AvgIpc) is 3.16. The molecule has 0 bridgehead atoms. The van der Waals surface area contributed by atoms with E-state index in [2.05, 4.69) is 17.0 Å². The molecule has 0 radical (unpaired) electrons.